The average Bonchev–Trinajstić information content (AvgIpc) is 3.17. The fourth-order valence-electron chi connectivity index (χ4n) is 4.02. The number of fused-ring (bicyclic) bond motifs is 1. The van der Waals surface area contributed by atoms with E-state index in [1.807, 2.05) is 45.2 Å². The van der Waals surface area contributed by atoms with E-state index < -0.39 is 0 Å². The predicted molar refractivity (Wildman–Crippen MR) is 104 cm³/mol. The van der Waals surface area contributed by atoms with Crippen LogP contribution in [0, 0.1) is 20.8 Å². The number of aromatic nitrogens is 2. The molecular weight excluding hydrogens is 338 g/mol. The number of furan rings is 1. The molecule has 0 radical (unpaired) electrons. The zero-order chi connectivity index (χ0) is 19.0. The summed E-state index contributed by atoms with van der Waals surface area (Å²) in [5.41, 5.74) is 5.18. The molecule has 1 atom stereocenters. The minimum Gasteiger partial charge on any atom is -0.466 e. The summed E-state index contributed by atoms with van der Waals surface area (Å²) >= 11 is 0. The summed E-state index contributed by atoms with van der Waals surface area (Å²) in [4.78, 5) is 12.9. The molecule has 4 rings (SSSR count). The third kappa shape index (κ3) is 3.29. The maximum atomic E-state index is 12.9. The number of hydrogen-bond donors (Lipinski definition) is 1. The Labute approximate surface area is 159 Å². The fourth-order valence-corrected chi connectivity index (χ4v) is 4.02. The smallest absolute Gasteiger partial charge is 0.255 e. The quantitative estimate of drug-likeness (QED) is 0.753. The lowest BCUT2D eigenvalue weighted by atomic mass is 9.92. The van der Waals surface area contributed by atoms with Crippen LogP contribution in [0.4, 0.5) is 0 Å². The molecule has 3 aromatic rings. The molecule has 5 nitrogen and oxygen atoms in total. The molecular formula is C22H25N3O2. The molecule has 0 aliphatic heterocycles. The second-order valence-electron chi connectivity index (χ2n) is 7.32. The first-order valence-electron chi connectivity index (χ1n) is 9.50. The van der Waals surface area contributed by atoms with Crippen molar-refractivity contribution in [2.45, 2.75) is 52.6 Å². The third-order valence-corrected chi connectivity index (χ3v) is 5.53. The molecule has 0 fully saturated rings. The van der Waals surface area contributed by atoms with Crippen molar-refractivity contribution in [1.82, 2.24) is 15.1 Å². The van der Waals surface area contributed by atoms with Gasteiger partial charge in [-0.1, -0.05) is 30.3 Å². The van der Waals surface area contributed by atoms with Gasteiger partial charge in [-0.25, -0.2) is 0 Å². The van der Waals surface area contributed by atoms with E-state index in [0.717, 1.165) is 42.7 Å². The molecule has 140 valence electrons. The zero-order valence-electron chi connectivity index (χ0n) is 16.1. The molecule has 1 aromatic carbocycles. The second kappa shape index (κ2) is 7.06. The molecule has 0 spiro atoms. The van der Waals surface area contributed by atoms with Crippen molar-refractivity contribution in [3.05, 3.63) is 76.0 Å². The van der Waals surface area contributed by atoms with Crippen LogP contribution in [0.15, 0.2) is 40.9 Å². The van der Waals surface area contributed by atoms with Crippen LogP contribution >= 0.6 is 0 Å². The number of benzene rings is 1. The van der Waals surface area contributed by atoms with Gasteiger partial charge in [0.25, 0.3) is 5.91 Å². The summed E-state index contributed by atoms with van der Waals surface area (Å²) in [6.07, 6.45) is 4.89. The standard InChI is InChI=1S/C22H25N3O2/c1-14-15(2)27-16(3)21(14)22(26)24-19-10-7-11-20-18(19)12-23-25(20)13-17-8-5-4-6-9-17/h4-6,8-9,12,19H,7,10-11,13H2,1-3H3,(H,24,26)/t19-/m1/s1. The van der Waals surface area contributed by atoms with E-state index in [0.29, 0.717) is 11.3 Å². The summed E-state index contributed by atoms with van der Waals surface area (Å²) in [7, 11) is 0. The summed E-state index contributed by atoms with van der Waals surface area (Å²) in [6.45, 7) is 6.44. The Morgan fingerprint density at radius 1 is 1.22 bits per heavy atom. The number of hydrogen-bond acceptors (Lipinski definition) is 3. The van der Waals surface area contributed by atoms with Crippen LogP contribution in [0.3, 0.4) is 0 Å². The van der Waals surface area contributed by atoms with Crippen LogP contribution < -0.4 is 5.32 Å². The maximum absolute atomic E-state index is 12.9. The monoisotopic (exact) mass is 363 g/mol. The summed E-state index contributed by atoms with van der Waals surface area (Å²) in [5.74, 6) is 1.42. The van der Waals surface area contributed by atoms with Crippen molar-refractivity contribution < 1.29 is 9.21 Å². The minimum absolute atomic E-state index is 0.000204. The van der Waals surface area contributed by atoms with Gasteiger partial charge in [0.2, 0.25) is 0 Å². The Bertz CT molecular complexity index is 969. The highest BCUT2D eigenvalue weighted by atomic mass is 16.3. The molecule has 1 N–H and O–H groups in total. The molecule has 0 saturated carbocycles. The third-order valence-electron chi connectivity index (χ3n) is 5.53. The fraction of sp³-hybridized carbons (Fsp3) is 0.364. The molecule has 0 unspecified atom stereocenters. The first-order valence-corrected chi connectivity index (χ1v) is 9.50. The summed E-state index contributed by atoms with van der Waals surface area (Å²) in [6, 6.07) is 10.3. The van der Waals surface area contributed by atoms with Crippen molar-refractivity contribution in [3.63, 3.8) is 0 Å². The van der Waals surface area contributed by atoms with Crippen LogP contribution in [-0.4, -0.2) is 15.7 Å². The highest BCUT2D eigenvalue weighted by Gasteiger charge is 2.28. The number of carbonyl (C=O) groups excluding carboxylic acids is 1. The molecule has 2 heterocycles. The van der Waals surface area contributed by atoms with Gasteiger partial charge in [-0.05, 0) is 45.6 Å². The van der Waals surface area contributed by atoms with Gasteiger partial charge in [-0.2, -0.15) is 5.10 Å². The van der Waals surface area contributed by atoms with Crippen LogP contribution in [0.2, 0.25) is 0 Å². The molecule has 1 amide bonds. The van der Waals surface area contributed by atoms with E-state index in [1.165, 1.54) is 11.3 Å². The van der Waals surface area contributed by atoms with E-state index in [1.54, 1.807) is 0 Å². The zero-order valence-corrected chi connectivity index (χ0v) is 16.1. The number of rotatable bonds is 4. The molecule has 0 saturated heterocycles. The van der Waals surface area contributed by atoms with Gasteiger partial charge in [0, 0.05) is 16.8 Å². The van der Waals surface area contributed by atoms with Crippen molar-refractivity contribution in [2.24, 2.45) is 0 Å². The van der Waals surface area contributed by atoms with Gasteiger partial charge in [0.15, 0.2) is 0 Å². The van der Waals surface area contributed by atoms with Crippen LogP contribution in [0.25, 0.3) is 0 Å². The number of nitrogens with zero attached hydrogens (tertiary/aromatic N) is 2. The number of aryl methyl sites for hydroxylation is 2. The molecule has 5 heteroatoms. The van der Waals surface area contributed by atoms with E-state index >= 15 is 0 Å². The first-order chi connectivity index (χ1) is 13.0. The van der Waals surface area contributed by atoms with Crippen LogP contribution in [0.5, 0.6) is 0 Å². The van der Waals surface area contributed by atoms with Gasteiger partial charge < -0.3 is 9.73 Å². The van der Waals surface area contributed by atoms with E-state index in [9.17, 15) is 4.79 Å². The highest BCUT2D eigenvalue weighted by Crippen LogP contribution is 2.31. The van der Waals surface area contributed by atoms with Gasteiger partial charge in [-0.3, -0.25) is 9.48 Å². The Balaban J connectivity index is 1.56. The lowest BCUT2D eigenvalue weighted by Crippen LogP contribution is -2.31. The largest absolute Gasteiger partial charge is 0.466 e. The molecule has 0 bridgehead atoms. The van der Waals surface area contributed by atoms with E-state index in [2.05, 4.69) is 27.2 Å². The minimum atomic E-state index is -0.0597. The molecule has 2 aromatic heterocycles. The van der Waals surface area contributed by atoms with Crippen molar-refractivity contribution in [3.8, 4) is 0 Å². The van der Waals surface area contributed by atoms with Crippen molar-refractivity contribution >= 4 is 5.91 Å². The van der Waals surface area contributed by atoms with Crippen LogP contribution in [0.1, 0.15) is 63.1 Å². The Kier molecular flexibility index (Phi) is 4.60. The molecule has 27 heavy (non-hydrogen) atoms. The molecule has 1 aliphatic rings. The Morgan fingerprint density at radius 2 is 2.00 bits per heavy atom. The first kappa shape index (κ1) is 17.6. The Morgan fingerprint density at radius 3 is 2.70 bits per heavy atom. The van der Waals surface area contributed by atoms with E-state index in [4.69, 9.17) is 4.42 Å². The normalized spacial score (nSPS) is 16.2. The number of carbonyl (C=O) groups is 1. The van der Waals surface area contributed by atoms with Crippen molar-refractivity contribution in [2.75, 3.05) is 0 Å². The number of amides is 1. The van der Waals surface area contributed by atoms with E-state index in [-0.39, 0.29) is 11.9 Å². The van der Waals surface area contributed by atoms with Crippen molar-refractivity contribution in [1.29, 1.82) is 0 Å². The average molecular weight is 363 g/mol. The predicted octanol–water partition coefficient (Wildman–Crippen LogP) is 4.26. The van der Waals surface area contributed by atoms with Crippen LogP contribution in [-0.2, 0) is 13.0 Å². The van der Waals surface area contributed by atoms with Gasteiger partial charge in [-0.15, -0.1) is 0 Å². The summed E-state index contributed by atoms with van der Waals surface area (Å²) < 4.78 is 7.69. The highest BCUT2D eigenvalue weighted by molar-refractivity contribution is 5.97. The number of nitrogens with one attached hydrogen (secondary N) is 1. The Hall–Kier alpha value is -2.82. The van der Waals surface area contributed by atoms with Gasteiger partial charge >= 0.3 is 0 Å². The summed E-state index contributed by atoms with van der Waals surface area (Å²) in [5, 5.41) is 7.82. The van der Waals surface area contributed by atoms with Gasteiger partial charge in [0.1, 0.15) is 11.5 Å². The maximum Gasteiger partial charge on any atom is 0.255 e. The molecule has 1 aliphatic carbocycles. The lowest BCUT2D eigenvalue weighted by Gasteiger charge is -2.24. The van der Waals surface area contributed by atoms with Gasteiger partial charge in [0.05, 0.1) is 24.3 Å². The lowest BCUT2D eigenvalue weighted by molar-refractivity contribution is 0.0930. The topological polar surface area (TPSA) is 60.1 Å². The second-order valence-corrected chi connectivity index (χ2v) is 7.32. The SMILES string of the molecule is Cc1oc(C)c(C(=O)N[C@@H]2CCCc3c2cnn3Cc2ccccc2)c1C.